The summed E-state index contributed by atoms with van der Waals surface area (Å²) in [5.41, 5.74) is 7.00. The van der Waals surface area contributed by atoms with Crippen LogP contribution >= 0.6 is 0 Å². The van der Waals surface area contributed by atoms with Crippen molar-refractivity contribution in [2.45, 2.75) is 32.7 Å². The Morgan fingerprint density at radius 1 is 1.33 bits per heavy atom. The first-order chi connectivity index (χ1) is 11.5. The number of likely N-dealkylation sites (N-methyl/N-ethyl adjacent to an activating group) is 1. The van der Waals surface area contributed by atoms with E-state index in [1.54, 1.807) is 20.4 Å². The minimum Gasteiger partial charge on any atom is -0.371 e. The third kappa shape index (κ3) is 2.49. The number of carbonyl (C=O) groups excluding carboxylic acids is 1. The van der Waals surface area contributed by atoms with E-state index in [0.29, 0.717) is 22.8 Å². The molecule has 9 nitrogen and oxygen atoms in total. The highest BCUT2D eigenvalue weighted by atomic mass is 16.5. The van der Waals surface area contributed by atoms with Crippen molar-refractivity contribution in [1.29, 1.82) is 0 Å². The topological polar surface area (TPSA) is 120 Å². The van der Waals surface area contributed by atoms with Gasteiger partial charge in [-0.05, 0) is 5.92 Å². The molecule has 1 fully saturated rings. The second-order valence-corrected chi connectivity index (χ2v) is 6.05. The molecule has 0 radical (unpaired) electrons. The summed E-state index contributed by atoms with van der Waals surface area (Å²) in [6.45, 7) is 4.31. The van der Waals surface area contributed by atoms with E-state index >= 15 is 0 Å². The summed E-state index contributed by atoms with van der Waals surface area (Å²) in [5.74, 6) is 1.23. The van der Waals surface area contributed by atoms with Gasteiger partial charge in [0.2, 0.25) is 5.91 Å². The Labute approximate surface area is 140 Å². The fourth-order valence-electron chi connectivity index (χ4n) is 3.11. The Kier molecular flexibility index (Phi) is 4.37. The standard InChI is InChI=1S/C15H23N7O2/c1-7-8(2)15(24-11(7)14(23)18-4)22-6-19-10-12(17-3)20-9(5-16)21-13(10)22/h6-8,11,15H,5,16H2,1-4H3,(H,18,23)(H,17,20,21)/t7-,8+,11-,15+/m0/s1. The van der Waals surface area contributed by atoms with Crippen molar-refractivity contribution >= 4 is 22.9 Å². The Hall–Kier alpha value is -2.26. The molecular formula is C15H23N7O2. The number of nitrogens with one attached hydrogen (secondary N) is 2. The zero-order valence-corrected chi connectivity index (χ0v) is 14.3. The van der Waals surface area contributed by atoms with E-state index in [1.807, 2.05) is 11.5 Å². The Morgan fingerprint density at radius 3 is 2.71 bits per heavy atom. The van der Waals surface area contributed by atoms with Crippen LogP contribution < -0.4 is 16.4 Å². The fourth-order valence-corrected chi connectivity index (χ4v) is 3.11. The van der Waals surface area contributed by atoms with Crippen molar-refractivity contribution in [3.63, 3.8) is 0 Å². The molecule has 4 N–H and O–H groups in total. The van der Waals surface area contributed by atoms with E-state index in [0.717, 1.165) is 0 Å². The second kappa shape index (κ2) is 6.33. The molecule has 0 spiro atoms. The van der Waals surface area contributed by atoms with Crippen LogP contribution in [0.2, 0.25) is 0 Å². The van der Waals surface area contributed by atoms with Crippen LogP contribution in [-0.4, -0.2) is 45.6 Å². The quantitative estimate of drug-likeness (QED) is 0.733. The highest BCUT2D eigenvalue weighted by molar-refractivity contribution is 5.83. The van der Waals surface area contributed by atoms with Gasteiger partial charge >= 0.3 is 0 Å². The summed E-state index contributed by atoms with van der Waals surface area (Å²) in [6.07, 6.45) is 0.866. The number of carbonyl (C=O) groups is 1. The van der Waals surface area contributed by atoms with E-state index < -0.39 is 6.10 Å². The number of nitrogens with zero attached hydrogens (tertiary/aromatic N) is 4. The molecule has 0 aliphatic carbocycles. The van der Waals surface area contributed by atoms with Gasteiger partial charge in [-0.25, -0.2) is 15.0 Å². The third-order valence-corrected chi connectivity index (χ3v) is 4.71. The smallest absolute Gasteiger partial charge is 0.249 e. The monoisotopic (exact) mass is 333 g/mol. The summed E-state index contributed by atoms with van der Waals surface area (Å²) >= 11 is 0. The Bertz CT molecular complexity index is 760. The molecule has 130 valence electrons. The van der Waals surface area contributed by atoms with Crippen LogP contribution in [0.3, 0.4) is 0 Å². The average Bonchev–Trinajstić information content (AvgIpc) is 3.15. The lowest BCUT2D eigenvalue weighted by molar-refractivity contribution is -0.135. The van der Waals surface area contributed by atoms with Crippen LogP contribution in [0.15, 0.2) is 6.33 Å². The van der Waals surface area contributed by atoms with Gasteiger partial charge in [0.25, 0.3) is 0 Å². The molecule has 1 amide bonds. The molecule has 0 saturated carbocycles. The largest absolute Gasteiger partial charge is 0.371 e. The van der Waals surface area contributed by atoms with Crippen LogP contribution in [0.1, 0.15) is 25.9 Å². The number of imidazole rings is 1. The lowest BCUT2D eigenvalue weighted by Gasteiger charge is -2.18. The summed E-state index contributed by atoms with van der Waals surface area (Å²) in [6, 6.07) is 0. The highest BCUT2D eigenvalue weighted by Gasteiger charge is 2.44. The Balaban J connectivity index is 2.05. The molecule has 2 aromatic rings. The van der Waals surface area contributed by atoms with Crippen molar-refractivity contribution in [1.82, 2.24) is 24.8 Å². The molecule has 1 saturated heterocycles. The number of ether oxygens (including phenoxy) is 1. The normalized spacial score (nSPS) is 26.7. The third-order valence-electron chi connectivity index (χ3n) is 4.71. The van der Waals surface area contributed by atoms with Gasteiger partial charge in [0.05, 0.1) is 12.9 Å². The predicted octanol–water partition coefficient (Wildman–Crippen LogP) is 0.242. The van der Waals surface area contributed by atoms with E-state index in [1.165, 1.54) is 0 Å². The highest BCUT2D eigenvalue weighted by Crippen LogP contribution is 2.40. The second-order valence-electron chi connectivity index (χ2n) is 6.05. The van der Waals surface area contributed by atoms with Crippen LogP contribution in [0.25, 0.3) is 11.2 Å². The molecule has 2 aromatic heterocycles. The van der Waals surface area contributed by atoms with Crippen LogP contribution in [0, 0.1) is 11.8 Å². The maximum absolute atomic E-state index is 12.0. The molecule has 0 unspecified atom stereocenters. The summed E-state index contributed by atoms with van der Waals surface area (Å²) in [7, 11) is 3.39. The minimum absolute atomic E-state index is 0.0759. The predicted molar refractivity (Wildman–Crippen MR) is 89.1 cm³/mol. The molecule has 3 rings (SSSR count). The van der Waals surface area contributed by atoms with Gasteiger partial charge in [0, 0.05) is 20.0 Å². The first kappa shape index (κ1) is 16.6. The zero-order valence-electron chi connectivity index (χ0n) is 14.3. The SMILES string of the molecule is CNC(=O)[C@H]1O[C@@H](n2cnc3c(NC)nc(CN)nc32)[C@H](C)[C@@H]1C. The van der Waals surface area contributed by atoms with Crippen LogP contribution in [-0.2, 0) is 16.1 Å². The lowest BCUT2D eigenvalue weighted by atomic mass is 9.92. The van der Waals surface area contributed by atoms with E-state index in [-0.39, 0.29) is 30.5 Å². The van der Waals surface area contributed by atoms with Crippen molar-refractivity contribution in [3.05, 3.63) is 12.2 Å². The molecule has 1 aliphatic heterocycles. The minimum atomic E-state index is -0.493. The van der Waals surface area contributed by atoms with E-state index in [9.17, 15) is 4.79 Å². The Morgan fingerprint density at radius 2 is 2.08 bits per heavy atom. The van der Waals surface area contributed by atoms with Gasteiger partial charge < -0.3 is 21.1 Å². The van der Waals surface area contributed by atoms with Crippen molar-refractivity contribution in [2.24, 2.45) is 17.6 Å². The van der Waals surface area contributed by atoms with Gasteiger partial charge in [-0.1, -0.05) is 13.8 Å². The number of nitrogens with two attached hydrogens (primary N) is 1. The first-order valence-electron chi connectivity index (χ1n) is 8.00. The molecule has 0 bridgehead atoms. The van der Waals surface area contributed by atoms with Crippen molar-refractivity contribution < 1.29 is 9.53 Å². The summed E-state index contributed by atoms with van der Waals surface area (Å²) in [5, 5.41) is 5.67. The maximum atomic E-state index is 12.0. The number of hydrogen-bond donors (Lipinski definition) is 3. The van der Waals surface area contributed by atoms with Gasteiger partial charge in [-0.3, -0.25) is 9.36 Å². The maximum Gasteiger partial charge on any atom is 0.249 e. The molecular weight excluding hydrogens is 310 g/mol. The summed E-state index contributed by atoms with van der Waals surface area (Å²) in [4.78, 5) is 25.3. The van der Waals surface area contributed by atoms with Crippen LogP contribution in [0.5, 0.6) is 0 Å². The lowest BCUT2D eigenvalue weighted by Crippen LogP contribution is -2.35. The molecule has 0 aromatic carbocycles. The molecule has 1 aliphatic rings. The number of rotatable bonds is 4. The van der Waals surface area contributed by atoms with Gasteiger partial charge in [0.15, 0.2) is 17.0 Å². The number of fused-ring (bicyclic) bond motifs is 1. The van der Waals surface area contributed by atoms with Crippen molar-refractivity contribution in [3.8, 4) is 0 Å². The van der Waals surface area contributed by atoms with Crippen LogP contribution in [0.4, 0.5) is 5.82 Å². The number of hydrogen-bond acceptors (Lipinski definition) is 7. The van der Waals surface area contributed by atoms with E-state index in [2.05, 4.69) is 32.5 Å². The molecule has 4 atom stereocenters. The molecule has 9 heteroatoms. The number of amides is 1. The zero-order chi connectivity index (χ0) is 17.4. The van der Waals surface area contributed by atoms with Crippen molar-refractivity contribution in [2.75, 3.05) is 19.4 Å². The van der Waals surface area contributed by atoms with Gasteiger partial charge in [-0.15, -0.1) is 0 Å². The van der Waals surface area contributed by atoms with E-state index in [4.69, 9.17) is 10.5 Å². The summed E-state index contributed by atoms with van der Waals surface area (Å²) < 4.78 is 7.90. The first-order valence-corrected chi connectivity index (χ1v) is 8.00. The number of anilines is 1. The average molecular weight is 333 g/mol. The molecule has 3 heterocycles. The molecule has 24 heavy (non-hydrogen) atoms. The van der Waals surface area contributed by atoms with Gasteiger partial charge in [-0.2, -0.15) is 0 Å². The fraction of sp³-hybridized carbons (Fsp3) is 0.600. The van der Waals surface area contributed by atoms with Gasteiger partial charge in [0.1, 0.15) is 18.2 Å². The number of aromatic nitrogens is 4.